The number of amides is 2. The van der Waals surface area contributed by atoms with E-state index in [-0.39, 0.29) is 42.9 Å². The standard InChI is InChI=1S/C26H28N2O4/c1-18-9-11-21(12-10-18)28-17-20(15-23(28)29)25(30)27-13-4-5-14-31-22-8-6-7-19-16-26(2,3)32-24(19)22/h6-12,20H,13-17H2,1-3H3,(H,27,30). The second-order valence-electron chi connectivity index (χ2n) is 8.88. The van der Waals surface area contributed by atoms with Crippen molar-refractivity contribution >= 4 is 17.5 Å². The number of ether oxygens (including phenoxy) is 2. The van der Waals surface area contributed by atoms with Crippen LogP contribution in [0.2, 0.25) is 0 Å². The number of nitrogens with zero attached hydrogens (tertiary/aromatic N) is 1. The van der Waals surface area contributed by atoms with Gasteiger partial charge >= 0.3 is 0 Å². The molecule has 0 spiro atoms. The molecule has 1 unspecified atom stereocenters. The average Bonchev–Trinajstić information content (AvgIpc) is 3.29. The zero-order chi connectivity index (χ0) is 22.7. The fourth-order valence-electron chi connectivity index (χ4n) is 4.06. The van der Waals surface area contributed by atoms with Crippen LogP contribution in [0.15, 0.2) is 42.5 Å². The van der Waals surface area contributed by atoms with E-state index in [2.05, 4.69) is 31.0 Å². The minimum atomic E-state index is -0.366. The predicted octanol–water partition coefficient (Wildman–Crippen LogP) is 3.26. The van der Waals surface area contributed by atoms with Crippen molar-refractivity contribution in [3.8, 4) is 23.3 Å². The highest BCUT2D eigenvalue weighted by Gasteiger charge is 2.35. The van der Waals surface area contributed by atoms with Crippen LogP contribution >= 0.6 is 0 Å². The van der Waals surface area contributed by atoms with Crippen LogP contribution in [-0.2, 0) is 16.0 Å². The topological polar surface area (TPSA) is 67.9 Å². The number of nitrogens with one attached hydrogen (secondary N) is 1. The molecule has 2 aliphatic heterocycles. The van der Waals surface area contributed by atoms with Gasteiger partial charge in [0.05, 0.1) is 12.5 Å². The van der Waals surface area contributed by atoms with Crippen LogP contribution in [0.5, 0.6) is 11.5 Å². The number of fused-ring (bicyclic) bond motifs is 1. The molecule has 6 nitrogen and oxygen atoms in total. The molecular formula is C26H28N2O4. The minimum absolute atomic E-state index is 0.0331. The highest BCUT2D eigenvalue weighted by atomic mass is 16.5. The number of carbonyl (C=O) groups is 2. The van der Waals surface area contributed by atoms with Crippen molar-refractivity contribution in [1.29, 1.82) is 0 Å². The molecule has 2 heterocycles. The maximum Gasteiger partial charge on any atom is 0.227 e. The zero-order valence-electron chi connectivity index (χ0n) is 18.7. The van der Waals surface area contributed by atoms with Gasteiger partial charge in [0.1, 0.15) is 12.2 Å². The van der Waals surface area contributed by atoms with E-state index in [0.717, 1.165) is 29.0 Å². The van der Waals surface area contributed by atoms with Crippen molar-refractivity contribution in [2.24, 2.45) is 5.92 Å². The van der Waals surface area contributed by atoms with Gasteiger partial charge < -0.3 is 19.7 Å². The molecular weight excluding hydrogens is 404 g/mol. The van der Waals surface area contributed by atoms with Gasteiger partial charge in [0.25, 0.3) is 0 Å². The van der Waals surface area contributed by atoms with Crippen LogP contribution in [0.3, 0.4) is 0 Å². The van der Waals surface area contributed by atoms with Gasteiger partial charge in [0, 0.05) is 30.6 Å². The molecule has 1 N–H and O–H groups in total. The van der Waals surface area contributed by atoms with Gasteiger partial charge in [-0.05, 0) is 39.0 Å². The molecule has 2 aromatic rings. The van der Waals surface area contributed by atoms with Gasteiger partial charge in [-0.2, -0.15) is 0 Å². The molecule has 0 saturated carbocycles. The number of hydrogen-bond acceptors (Lipinski definition) is 4. The molecule has 2 amide bonds. The molecule has 4 rings (SSSR count). The Morgan fingerprint density at radius 3 is 2.78 bits per heavy atom. The first kappa shape index (κ1) is 21.8. The van der Waals surface area contributed by atoms with Crippen LogP contribution in [0, 0.1) is 24.7 Å². The van der Waals surface area contributed by atoms with Gasteiger partial charge in [-0.15, -0.1) is 0 Å². The number of para-hydroxylation sites is 1. The molecule has 166 valence electrons. The smallest absolute Gasteiger partial charge is 0.227 e. The van der Waals surface area contributed by atoms with E-state index < -0.39 is 0 Å². The number of anilines is 1. The summed E-state index contributed by atoms with van der Waals surface area (Å²) in [6.07, 6.45) is 1.06. The highest BCUT2D eigenvalue weighted by molar-refractivity contribution is 6.00. The molecule has 0 bridgehead atoms. The monoisotopic (exact) mass is 432 g/mol. The van der Waals surface area contributed by atoms with Gasteiger partial charge in [-0.25, -0.2) is 0 Å². The number of aryl methyl sites for hydroxylation is 1. The Labute approximate surface area is 188 Å². The van der Waals surface area contributed by atoms with Crippen molar-refractivity contribution in [2.75, 3.05) is 24.6 Å². The van der Waals surface area contributed by atoms with Crippen molar-refractivity contribution in [1.82, 2.24) is 5.32 Å². The second-order valence-corrected chi connectivity index (χ2v) is 8.88. The average molecular weight is 433 g/mol. The Bertz CT molecular complexity index is 1080. The van der Waals surface area contributed by atoms with Crippen LogP contribution in [0.1, 0.15) is 31.4 Å². The summed E-state index contributed by atoms with van der Waals surface area (Å²) >= 11 is 0. The first-order valence-corrected chi connectivity index (χ1v) is 10.9. The van der Waals surface area contributed by atoms with Crippen molar-refractivity contribution < 1.29 is 19.1 Å². The number of benzene rings is 2. The van der Waals surface area contributed by atoms with E-state index in [4.69, 9.17) is 9.47 Å². The third kappa shape index (κ3) is 4.88. The summed E-state index contributed by atoms with van der Waals surface area (Å²) in [6.45, 7) is 6.92. The maximum atomic E-state index is 12.5. The summed E-state index contributed by atoms with van der Waals surface area (Å²) in [7, 11) is 0. The van der Waals surface area contributed by atoms with Crippen LogP contribution < -0.4 is 19.7 Å². The molecule has 0 aromatic heterocycles. The van der Waals surface area contributed by atoms with E-state index >= 15 is 0 Å². The SMILES string of the molecule is Cc1ccc(N2CC(C(=O)NCC#CCOc3cccc4c3OC(C)(C)C4)CC2=O)cc1. The summed E-state index contributed by atoms with van der Waals surface area (Å²) in [5.41, 5.74) is 2.87. The first-order valence-electron chi connectivity index (χ1n) is 10.9. The third-order valence-corrected chi connectivity index (χ3v) is 5.67. The Kier molecular flexibility index (Phi) is 6.09. The Morgan fingerprint density at radius 1 is 1.22 bits per heavy atom. The molecule has 6 heteroatoms. The number of rotatable bonds is 5. The third-order valence-electron chi connectivity index (χ3n) is 5.67. The lowest BCUT2D eigenvalue weighted by molar-refractivity contribution is -0.126. The number of carbonyl (C=O) groups excluding carboxylic acids is 2. The fourth-order valence-corrected chi connectivity index (χ4v) is 4.06. The summed E-state index contributed by atoms with van der Waals surface area (Å²) < 4.78 is 11.8. The fraction of sp³-hybridized carbons (Fsp3) is 0.385. The minimum Gasteiger partial charge on any atom is -0.483 e. The summed E-state index contributed by atoms with van der Waals surface area (Å²) in [5.74, 6) is 6.75. The number of hydrogen-bond donors (Lipinski definition) is 1. The Hall–Kier alpha value is -3.46. The summed E-state index contributed by atoms with van der Waals surface area (Å²) in [5, 5.41) is 2.81. The van der Waals surface area contributed by atoms with Gasteiger partial charge in [0.15, 0.2) is 11.5 Å². The predicted molar refractivity (Wildman–Crippen MR) is 123 cm³/mol. The lowest BCUT2D eigenvalue weighted by Crippen LogP contribution is -2.33. The van der Waals surface area contributed by atoms with E-state index in [9.17, 15) is 9.59 Å². The normalized spacial score (nSPS) is 18.4. The van der Waals surface area contributed by atoms with E-state index in [1.165, 1.54) is 0 Å². The lowest BCUT2D eigenvalue weighted by Gasteiger charge is -2.17. The molecule has 2 aliphatic rings. The van der Waals surface area contributed by atoms with Gasteiger partial charge in [-0.1, -0.05) is 41.7 Å². The molecule has 1 saturated heterocycles. The maximum absolute atomic E-state index is 12.5. The van der Waals surface area contributed by atoms with Gasteiger partial charge in [0.2, 0.25) is 11.8 Å². The van der Waals surface area contributed by atoms with E-state index in [1.54, 1.807) is 4.90 Å². The second kappa shape index (κ2) is 8.96. The van der Waals surface area contributed by atoms with Crippen molar-refractivity contribution in [3.05, 3.63) is 53.6 Å². The Balaban J connectivity index is 1.23. The highest BCUT2D eigenvalue weighted by Crippen LogP contribution is 2.41. The quantitative estimate of drug-likeness (QED) is 0.737. The molecule has 32 heavy (non-hydrogen) atoms. The summed E-state index contributed by atoms with van der Waals surface area (Å²) in [4.78, 5) is 26.5. The molecule has 2 aromatic carbocycles. The van der Waals surface area contributed by atoms with Crippen molar-refractivity contribution in [2.45, 2.75) is 39.2 Å². The molecule has 1 atom stereocenters. The summed E-state index contributed by atoms with van der Waals surface area (Å²) in [6, 6.07) is 13.6. The largest absolute Gasteiger partial charge is 0.483 e. The van der Waals surface area contributed by atoms with Crippen LogP contribution in [0.4, 0.5) is 5.69 Å². The molecule has 0 radical (unpaired) electrons. The first-order chi connectivity index (χ1) is 15.3. The molecule has 1 fully saturated rings. The van der Waals surface area contributed by atoms with E-state index in [1.807, 2.05) is 49.4 Å². The van der Waals surface area contributed by atoms with Crippen molar-refractivity contribution in [3.63, 3.8) is 0 Å². The van der Waals surface area contributed by atoms with Gasteiger partial charge in [-0.3, -0.25) is 9.59 Å². The Morgan fingerprint density at radius 2 is 2.00 bits per heavy atom. The van der Waals surface area contributed by atoms with Crippen LogP contribution in [0.25, 0.3) is 0 Å². The van der Waals surface area contributed by atoms with Crippen LogP contribution in [-0.4, -0.2) is 37.1 Å². The van der Waals surface area contributed by atoms with E-state index in [0.29, 0.717) is 12.3 Å². The zero-order valence-corrected chi connectivity index (χ0v) is 18.7. The molecule has 0 aliphatic carbocycles. The lowest BCUT2D eigenvalue weighted by atomic mass is 10.0.